The molecular weight excluding hydrogens is 226 g/mol. The summed E-state index contributed by atoms with van der Waals surface area (Å²) in [4.78, 5) is 11.6. The zero-order valence-corrected chi connectivity index (χ0v) is 10.5. The van der Waals surface area contributed by atoms with Crippen molar-refractivity contribution in [1.82, 2.24) is 0 Å². The van der Waals surface area contributed by atoms with E-state index in [1.165, 1.54) is 25.7 Å². The number of carbonyl (C=O) groups is 1. The van der Waals surface area contributed by atoms with Gasteiger partial charge in [0.25, 0.3) is 0 Å². The van der Waals surface area contributed by atoms with Crippen LogP contribution in [0.3, 0.4) is 0 Å². The van der Waals surface area contributed by atoms with E-state index < -0.39 is 0 Å². The molecule has 18 heavy (non-hydrogen) atoms. The van der Waals surface area contributed by atoms with Gasteiger partial charge >= 0.3 is 6.09 Å². The fourth-order valence-electron chi connectivity index (χ4n) is 3.44. The van der Waals surface area contributed by atoms with Crippen LogP contribution in [0.2, 0.25) is 0 Å². The van der Waals surface area contributed by atoms with Crippen molar-refractivity contribution in [2.75, 3.05) is 11.9 Å². The van der Waals surface area contributed by atoms with Crippen LogP contribution in [0.15, 0.2) is 30.3 Å². The van der Waals surface area contributed by atoms with E-state index in [2.05, 4.69) is 5.32 Å². The Morgan fingerprint density at radius 3 is 2.72 bits per heavy atom. The van der Waals surface area contributed by atoms with E-state index in [1.807, 2.05) is 30.3 Å². The molecular formula is C15H19NO2. The molecule has 3 nitrogen and oxygen atoms in total. The second kappa shape index (κ2) is 5.01. The lowest BCUT2D eigenvalue weighted by Gasteiger charge is -2.21. The minimum Gasteiger partial charge on any atom is -0.449 e. The molecule has 96 valence electrons. The molecule has 2 aliphatic carbocycles. The summed E-state index contributed by atoms with van der Waals surface area (Å²) in [7, 11) is 0. The summed E-state index contributed by atoms with van der Waals surface area (Å²) in [5, 5.41) is 2.75. The Bertz CT molecular complexity index is 418. The highest BCUT2D eigenvalue weighted by Crippen LogP contribution is 2.48. The molecule has 2 bridgehead atoms. The maximum atomic E-state index is 11.6. The highest BCUT2D eigenvalue weighted by Gasteiger charge is 2.39. The number of hydrogen-bond acceptors (Lipinski definition) is 2. The first-order chi connectivity index (χ1) is 8.81. The van der Waals surface area contributed by atoms with Crippen LogP contribution < -0.4 is 5.32 Å². The Morgan fingerprint density at radius 1 is 1.22 bits per heavy atom. The molecule has 0 saturated heterocycles. The molecule has 3 heteroatoms. The van der Waals surface area contributed by atoms with Gasteiger partial charge in [-0.1, -0.05) is 24.6 Å². The lowest BCUT2D eigenvalue weighted by atomic mass is 9.90. The number of nitrogens with one attached hydrogen (secondary N) is 1. The van der Waals surface area contributed by atoms with E-state index in [0.717, 1.165) is 17.5 Å². The molecule has 0 aliphatic heterocycles. The third kappa shape index (κ3) is 2.50. The van der Waals surface area contributed by atoms with E-state index in [0.29, 0.717) is 12.5 Å². The maximum absolute atomic E-state index is 11.6. The molecule has 1 aromatic carbocycles. The van der Waals surface area contributed by atoms with E-state index in [9.17, 15) is 4.79 Å². The number of benzene rings is 1. The lowest BCUT2D eigenvalue weighted by molar-refractivity contribution is 0.122. The van der Waals surface area contributed by atoms with Crippen molar-refractivity contribution in [2.45, 2.75) is 25.7 Å². The topological polar surface area (TPSA) is 38.3 Å². The number of para-hydroxylation sites is 1. The van der Waals surface area contributed by atoms with Crippen LogP contribution >= 0.6 is 0 Å². The minimum absolute atomic E-state index is 0.330. The first-order valence-corrected chi connectivity index (χ1v) is 6.80. The molecule has 0 heterocycles. The number of hydrogen-bond donors (Lipinski definition) is 1. The zero-order valence-electron chi connectivity index (χ0n) is 10.5. The molecule has 2 aliphatic rings. The average Bonchev–Trinajstić information content (AvgIpc) is 3.00. The van der Waals surface area contributed by atoms with Crippen molar-refractivity contribution in [1.29, 1.82) is 0 Å². The predicted molar refractivity (Wildman–Crippen MR) is 70.4 cm³/mol. The van der Waals surface area contributed by atoms with Gasteiger partial charge in [-0.25, -0.2) is 4.79 Å². The number of rotatable bonds is 3. The van der Waals surface area contributed by atoms with Gasteiger partial charge in [0, 0.05) is 5.69 Å². The number of carbonyl (C=O) groups excluding carboxylic acids is 1. The Hall–Kier alpha value is -1.51. The Morgan fingerprint density at radius 2 is 2.06 bits per heavy atom. The monoisotopic (exact) mass is 245 g/mol. The average molecular weight is 245 g/mol. The van der Waals surface area contributed by atoms with Crippen LogP contribution in [0.5, 0.6) is 0 Å². The molecule has 1 aromatic rings. The van der Waals surface area contributed by atoms with Gasteiger partial charge in [0.1, 0.15) is 0 Å². The van der Waals surface area contributed by atoms with E-state index in [1.54, 1.807) is 0 Å². The lowest BCUT2D eigenvalue weighted by Crippen LogP contribution is -2.22. The summed E-state index contributed by atoms with van der Waals surface area (Å²) in [6.45, 7) is 0.583. The SMILES string of the molecule is O=C(Nc1ccccc1)OCC1CC2CCC1C2. The second-order valence-electron chi connectivity index (χ2n) is 5.52. The van der Waals surface area contributed by atoms with Gasteiger partial charge < -0.3 is 4.74 Å². The summed E-state index contributed by atoms with van der Waals surface area (Å²) in [6.07, 6.45) is 5.00. The highest BCUT2D eigenvalue weighted by atomic mass is 16.5. The standard InChI is InChI=1S/C15H19NO2/c17-15(16-14-4-2-1-3-5-14)18-10-13-9-11-6-7-12(13)8-11/h1-5,11-13H,6-10H2,(H,16,17). The van der Waals surface area contributed by atoms with Gasteiger partial charge in [-0.05, 0) is 49.1 Å². The maximum Gasteiger partial charge on any atom is 0.411 e. The van der Waals surface area contributed by atoms with E-state index >= 15 is 0 Å². The van der Waals surface area contributed by atoms with Crippen molar-refractivity contribution < 1.29 is 9.53 Å². The van der Waals surface area contributed by atoms with Crippen molar-refractivity contribution in [3.8, 4) is 0 Å². The fourth-order valence-corrected chi connectivity index (χ4v) is 3.44. The number of fused-ring (bicyclic) bond motifs is 2. The van der Waals surface area contributed by atoms with Gasteiger partial charge in [0.15, 0.2) is 0 Å². The molecule has 1 amide bonds. The van der Waals surface area contributed by atoms with E-state index in [4.69, 9.17) is 4.74 Å². The van der Waals surface area contributed by atoms with Crippen molar-refractivity contribution in [2.24, 2.45) is 17.8 Å². The normalized spacial score (nSPS) is 29.2. The molecule has 3 atom stereocenters. The second-order valence-corrected chi connectivity index (χ2v) is 5.52. The minimum atomic E-state index is -0.330. The largest absolute Gasteiger partial charge is 0.449 e. The van der Waals surface area contributed by atoms with Crippen molar-refractivity contribution >= 4 is 11.8 Å². The van der Waals surface area contributed by atoms with Gasteiger partial charge in [0.05, 0.1) is 6.61 Å². The van der Waals surface area contributed by atoms with Gasteiger partial charge in [-0.2, -0.15) is 0 Å². The zero-order chi connectivity index (χ0) is 12.4. The van der Waals surface area contributed by atoms with Crippen molar-refractivity contribution in [3.05, 3.63) is 30.3 Å². The van der Waals surface area contributed by atoms with Gasteiger partial charge in [-0.15, -0.1) is 0 Å². The predicted octanol–water partition coefficient (Wildman–Crippen LogP) is 3.67. The molecule has 2 saturated carbocycles. The van der Waals surface area contributed by atoms with Crippen LogP contribution in [0, 0.1) is 17.8 Å². The van der Waals surface area contributed by atoms with Crippen LogP contribution in [-0.4, -0.2) is 12.7 Å². The summed E-state index contributed by atoms with van der Waals surface area (Å²) in [6, 6.07) is 9.43. The summed E-state index contributed by atoms with van der Waals surface area (Å²) >= 11 is 0. The van der Waals surface area contributed by atoms with Crippen LogP contribution in [0.1, 0.15) is 25.7 Å². The molecule has 2 fully saturated rings. The first kappa shape index (κ1) is 11.6. The number of ether oxygens (including phenoxy) is 1. The van der Waals surface area contributed by atoms with Crippen molar-refractivity contribution in [3.63, 3.8) is 0 Å². The summed E-state index contributed by atoms with van der Waals surface area (Å²) < 4.78 is 5.33. The molecule has 0 aromatic heterocycles. The quantitative estimate of drug-likeness (QED) is 0.882. The van der Waals surface area contributed by atoms with Crippen LogP contribution in [0.4, 0.5) is 10.5 Å². The number of anilines is 1. The fraction of sp³-hybridized carbons (Fsp3) is 0.533. The molecule has 0 radical (unpaired) electrons. The Labute approximate surface area is 108 Å². The third-order valence-corrected chi connectivity index (χ3v) is 4.33. The van der Waals surface area contributed by atoms with Gasteiger partial charge in [0.2, 0.25) is 0 Å². The first-order valence-electron chi connectivity index (χ1n) is 6.80. The van der Waals surface area contributed by atoms with E-state index in [-0.39, 0.29) is 6.09 Å². The smallest absolute Gasteiger partial charge is 0.411 e. The molecule has 0 spiro atoms. The summed E-state index contributed by atoms with van der Waals surface area (Å²) in [5.74, 6) is 2.31. The summed E-state index contributed by atoms with van der Waals surface area (Å²) in [5.41, 5.74) is 0.787. The molecule has 1 N–H and O–H groups in total. The number of amides is 1. The molecule has 3 rings (SSSR count). The van der Waals surface area contributed by atoms with Gasteiger partial charge in [-0.3, -0.25) is 5.32 Å². The Balaban J connectivity index is 1.45. The third-order valence-electron chi connectivity index (χ3n) is 4.33. The van der Waals surface area contributed by atoms with Crippen LogP contribution in [0.25, 0.3) is 0 Å². The molecule has 3 unspecified atom stereocenters. The highest BCUT2D eigenvalue weighted by molar-refractivity contribution is 5.84. The Kier molecular flexibility index (Phi) is 3.22. The van der Waals surface area contributed by atoms with Crippen LogP contribution in [-0.2, 0) is 4.74 Å².